The van der Waals surface area contributed by atoms with Crippen LogP contribution in [0.25, 0.3) is 0 Å². The summed E-state index contributed by atoms with van der Waals surface area (Å²) in [4.78, 5) is 0. The average molecular weight is 147 g/mol. The molecule has 1 N–H and O–H groups in total. The standard InChI is InChI=1S/C10H13N/c1-8-6-9-4-2-3-5-10(9)7-11-8/h6-7,11H,1-5H2. The monoisotopic (exact) mass is 147 g/mol. The Morgan fingerprint density at radius 1 is 1.18 bits per heavy atom. The molecule has 1 fully saturated rings. The summed E-state index contributed by atoms with van der Waals surface area (Å²) in [5, 5.41) is 3.15. The van der Waals surface area contributed by atoms with Crippen LogP contribution in [0, 0.1) is 0 Å². The molecule has 2 rings (SSSR count). The van der Waals surface area contributed by atoms with Gasteiger partial charge in [0.25, 0.3) is 0 Å². The smallest absolute Gasteiger partial charge is 0.0309 e. The molecule has 2 aliphatic rings. The zero-order chi connectivity index (χ0) is 7.68. The second-order valence-corrected chi connectivity index (χ2v) is 3.22. The molecule has 1 nitrogen and oxygen atoms in total. The molecule has 0 saturated heterocycles. The third kappa shape index (κ3) is 1.23. The van der Waals surface area contributed by atoms with Crippen LogP contribution >= 0.6 is 0 Å². The Morgan fingerprint density at radius 2 is 1.91 bits per heavy atom. The Hall–Kier alpha value is -0.980. The van der Waals surface area contributed by atoms with Gasteiger partial charge in [0.15, 0.2) is 0 Å². The molecule has 0 atom stereocenters. The van der Waals surface area contributed by atoms with E-state index in [-0.39, 0.29) is 0 Å². The van der Waals surface area contributed by atoms with Crippen LogP contribution in [0.2, 0.25) is 0 Å². The summed E-state index contributed by atoms with van der Waals surface area (Å²) in [7, 11) is 0. The van der Waals surface area contributed by atoms with E-state index in [0.717, 1.165) is 5.70 Å². The first kappa shape index (κ1) is 6.71. The van der Waals surface area contributed by atoms with Crippen LogP contribution in [0.4, 0.5) is 0 Å². The van der Waals surface area contributed by atoms with Crippen LogP contribution in [-0.4, -0.2) is 0 Å². The number of allylic oxidation sites excluding steroid dienone is 3. The Labute approximate surface area is 67.5 Å². The van der Waals surface area contributed by atoms with Gasteiger partial charge in [-0.05, 0) is 42.9 Å². The Morgan fingerprint density at radius 3 is 2.73 bits per heavy atom. The van der Waals surface area contributed by atoms with Crippen LogP contribution in [0.15, 0.2) is 35.7 Å². The maximum Gasteiger partial charge on any atom is 0.0309 e. The number of rotatable bonds is 0. The van der Waals surface area contributed by atoms with E-state index in [0.29, 0.717) is 0 Å². The second-order valence-electron chi connectivity index (χ2n) is 3.22. The van der Waals surface area contributed by atoms with Gasteiger partial charge in [-0.15, -0.1) is 0 Å². The minimum Gasteiger partial charge on any atom is -0.362 e. The van der Waals surface area contributed by atoms with Crippen molar-refractivity contribution >= 4 is 0 Å². The SMILES string of the molecule is C=C1C=C2CCCCC2=CN1. The highest BCUT2D eigenvalue weighted by molar-refractivity contribution is 5.41. The van der Waals surface area contributed by atoms with Crippen molar-refractivity contribution in [3.63, 3.8) is 0 Å². The lowest BCUT2D eigenvalue weighted by molar-refractivity contribution is 0.669. The maximum absolute atomic E-state index is 3.87. The quantitative estimate of drug-likeness (QED) is 0.555. The molecule has 0 amide bonds. The van der Waals surface area contributed by atoms with Gasteiger partial charge in [0.1, 0.15) is 0 Å². The molecular weight excluding hydrogens is 134 g/mol. The summed E-state index contributed by atoms with van der Waals surface area (Å²) in [5.41, 5.74) is 4.02. The molecule has 0 aromatic rings. The first-order valence-corrected chi connectivity index (χ1v) is 4.22. The molecule has 1 aliphatic heterocycles. The van der Waals surface area contributed by atoms with E-state index in [4.69, 9.17) is 0 Å². The topological polar surface area (TPSA) is 12.0 Å². The molecule has 0 radical (unpaired) electrons. The van der Waals surface area contributed by atoms with Gasteiger partial charge in [0.05, 0.1) is 0 Å². The van der Waals surface area contributed by atoms with Crippen LogP contribution in [0.5, 0.6) is 0 Å². The number of dihydropyridines is 1. The van der Waals surface area contributed by atoms with Crippen LogP contribution < -0.4 is 5.32 Å². The molecular formula is C10H13N. The number of nitrogens with one attached hydrogen (secondary N) is 1. The Balaban J connectivity index is 2.26. The van der Waals surface area contributed by atoms with E-state index in [1.165, 1.54) is 36.8 Å². The van der Waals surface area contributed by atoms with Gasteiger partial charge in [-0.3, -0.25) is 0 Å². The van der Waals surface area contributed by atoms with E-state index in [2.05, 4.69) is 24.2 Å². The fourth-order valence-electron chi connectivity index (χ4n) is 1.71. The van der Waals surface area contributed by atoms with Crippen LogP contribution in [-0.2, 0) is 0 Å². The van der Waals surface area contributed by atoms with Crippen molar-refractivity contribution in [2.75, 3.05) is 0 Å². The zero-order valence-electron chi connectivity index (χ0n) is 6.69. The lowest BCUT2D eigenvalue weighted by atomic mass is 9.88. The van der Waals surface area contributed by atoms with Crippen LogP contribution in [0.1, 0.15) is 25.7 Å². The van der Waals surface area contributed by atoms with E-state index < -0.39 is 0 Å². The predicted molar refractivity (Wildman–Crippen MR) is 46.9 cm³/mol. The fourth-order valence-corrected chi connectivity index (χ4v) is 1.71. The van der Waals surface area contributed by atoms with Gasteiger partial charge in [-0.1, -0.05) is 6.58 Å². The molecule has 0 spiro atoms. The van der Waals surface area contributed by atoms with Gasteiger partial charge >= 0.3 is 0 Å². The summed E-state index contributed by atoms with van der Waals surface area (Å²) in [6, 6.07) is 0. The molecule has 1 heteroatoms. The Bertz CT molecular complexity index is 246. The molecule has 0 aromatic carbocycles. The van der Waals surface area contributed by atoms with Crippen molar-refractivity contribution in [1.82, 2.24) is 5.32 Å². The number of fused-ring (bicyclic) bond motifs is 1. The van der Waals surface area contributed by atoms with Crippen molar-refractivity contribution in [2.24, 2.45) is 0 Å². The summed E-state index contributed by atoms with van der Waals surface area (Å²) < 4.78 is 0. The maximum atomic E-state index is 3.87. The summed E-state index contributed by atoms with van der Waals surface area (Å²) >= 11 is 0. The highest BCUT2D eigenvalue weighted by Gasteiger charge is 2.13. The first-order chi connectivity index (χ1) is 5.36. The van der Waals surface area contributed by atoms with E-state index >= 15 is 0 Å². The molecule has 11 heavy (non-hydrogen) atoms. The Kier molecular flexibility index (Phi) is 1.57. The van der Waals surface area contributed by atoms with Gasteiger partial charge in [0.2, 0.25) is 0 Å². The normalized spacial score (nSPS) is 23.1. The van der Waals surface area contributed by atoms with Gasteiger partial charge in [-0.2, -0.15) is 0 Å². The van der Waals surface area contributed by atoms with Crippen molar-refractivity contribution in [3.05, 3.63) is 35.7 Å². The predicted octanol–water partition coefficient (Wildman–Crippen LogP) is 2.49. The van der Waals surface area contributed by atoms with Crippen LogP contribution in [0.3, 0.4) is 0 Å². The minimum atomic E-state index is 1.03. The van der Waals surface area contributed by atoms with Crippen molar-refractivity contribution < 1.29 is 0 Å². The molecule has 58 valence electrons. The summed E-state index contributed by atoms with van der Waals surface area (Å²) in [6.07, 6.45) is 9.46. The lowest BCUT2D eigenvalue weighted by Crippen LogP contribution is -2.12. The lowest BCUT2D eigenvalue weighted by Gasteiger charge is -2.22. The highest BCUT2D eigenvalue weighted by atomic mass is 14.9. The number of hydrogen-bond donors (Lipinski definition) is 1. The molecule has 1 saturated carbocycles. The molecule has 0 unspecified atom stereocenters. The van der Waals surface area contributed by atoms with Crippen molar-refractivity contribution in [3.8, 4) is 0 Å². The largest absolute Gasteiger partial charge is 0.362 e. The van der Waals surface area contributed by atoms with Crippen molar-refractivity contribution in [1.29, 1.82) is 0 Å². The molecule has 0 bridgehead atoms. The third-order valence-electron chi connectivity index (χ3n) is 2.33. The first-order valence-electron chi connectivity index (χ1n) is 4.22. The molecule has 1 aliphatic carbocycles. The summed E-state index contributed by atoms with van der Waals surface area (Å²) in [6.45, 7) is 3.87. The molecule has 1 heterocycles. The van der Waals surface area contributed by atoms with E-state index in [9.17, 15) is 0 Å². The second kappa shape index (κ2) is 2.57. The van der Waals surface area contributed by atoms with E-state index in [1.807, 2.05) is 0 Å². The van der Waals surface area contributed by atoms with Gasteiger partial charge < -0.3 is 5.32 Å². The van der Waals surface area contributed by atoms with Crippen molar-refractivity contribution in [2.45, 2.75) is 25.7 Å². The average Bonchev–Trinajstić information content (AvgIpc) is 2.04. The highest BCUT2D eigenvalue weighted by Crippen LogP contribution is 2.30. The van der Waals surface area contributed by atoms with Gasteiger partial charge in [-0.25, -0.2) is 0 Å². The number of hydrogen-bond acceptors (Lipinski definition) is 1. The fraction of sp³-hybridized carbons (Fsp3) is 0.400. The third-order valence-corrected chi connectivity index (χ3v) is 2.33. The van der Waals surface area contributed by atoms with Gasteiger partial charge in [0, 0.05) is 11.9 Å². The van der Waals surface area contributed by atoms with E-state index in [1.54, 1.807) is 0 Å². The minimum absolute atomic E-state index is 1.03. The molecule has 0 aromatic heterocycles. The summed E-state index contributed by atoms with van der Waals surface area (Å²) in [5.74, 6) is 0. The zero-order valence-corrected chi connectivity index (χ0v) is 6.69.